The fourth-order valence-corrected chi connectivity index (χ4v) is 3.72. The molecule has 0 bridgehead atoms. The Hall–Kier alpha value is -2.61. The van der Waals surface area contributed by atoms with Gasteiger partial charge in [-0.05, 0) is 57.5 Å². The molecule has 0 fully saturated rings. The number of ether oxygens (including phenoxy) is 1. The van der Waals surface area contributed by atoms with Crippen LogP contribution in [0.5, 0.6) is 5.75 Å². The van der Waals surface area contributed by atoms with Crippen LogP contribution in [0, 0.1) is 19.7 Å². The van der Waals surface area contributed by atoms with E-state index in [4.69, 9.17) is 9.15 Å². The predicted octanol–water partition coefficient (Wildman–Crippen LogP) is 5.15. The lowest BCUT2D eigenvalue weighted by Gasteiger charge is -2.10. The van der Waals surface area contributed by atoms with Crippen LogP contribution < -0.4 is 4.74 Å². The molecule has 0 amide bonds. The Bertz CT molecular complexity index is 982. The second-order valence-electron chi connectivity index (χ2n) is 6.77. The minimum absolute atomic E-state index is 0.0285. The maximum atomic E-state index is 13.0. The van der Waals surface area contributed by atoms with Crippen molar-refractivity contribution in [2.75, 3.05) is 5.75 Å². The molecule has 3 rings (SSSR count). The number of Topliss-reactive ketones (excluding diaryl/α,β-unsaturated/α-hetero) is 1. The first-order chi connectivity index (χ1) is 13.9. The third-order valence-electron chi connectivity index (χ3n) is 4.54. The van der Waals surface area contributed by atoms with Gasteiger partial charge in [0.25, 0.3) is 11.1 Å². The summed E-state index contributed by atoms with van der Waals surface area (Å²) >= 11 is 1.20. The minimum atomic E-state index is -0.494. The molecule has 0 spiro atoms. The summed E-state index contributed by atoms with van der Waals surface area (Å²) in [6.45, 7) is 8.76. The van der Waals surface area contributed by atoms with Crippen molar-refractivity contribution < 1.29 is 18.3 Å². The van der Waals surface area contributed by atoms with Crippen molar-refractivity contribution >= 4 is 17.5 Å². The quantitative estimate of drug-likeness (QED) is 0.354. The number of hydrogen-bond donors (Lipinski definition) is 0. The van der Waals surface area contributed by atoms with Crippen LogP contribution in [0.2, 0.25) is 0 Å². The van der Waals surface area contributed by atoms with E-state index in [-0.39, 0.29) is 17.4 Å². The highest BCUT2D eigenvalue weighted by molar-refractivity contribution is 7.99. The Balaban J connectivity index is 1.59. The van der Waals surface area contributed by atoms with Gasteiger partial charge in [0.05, 0.1) is 5.75 Å². The van der Waals surface area contributed by atoms with Gasteiger partial charge in [-0.25, -0.2) is 4.39 Å². The fraction of sp³-hybridized carbons (Fsp3) is 0.381. The summed E-state index contributed by atoms with van der Waals surface area (Å²) in [7, 11) is 0. The summed E-state index contributed by atoms with van der Waals surface area (Å²) in [5.74, 6) is 0.711. The summed E-state index contributed by atoms with van der Waals surface area (Å²) in [5, 5.41) is 8.28. The molecule has 0 aliphatic carbocycles. The van der Waals surface area contributed by atoms with Crippen LogP contribution in [0.1, 0.15) is 54.0 Å². The molecule has 8 heteroatoms. The molecule has 1 aromatic carbocycles. The Morgan fingerprint density at radius 2 is 2.00 bits per heavy atom. The third kappa shape index (κ3) is 5.06. The second kappa shape index (κ2) is 9.26. The summed E-state index contributed by atoms with van der Waals surface area (Å²) in [6.07, 6.45) is 0.521. The fourth-order valence-electron chi connectivity index (χ4n) is 3.07. The first-order valence-electron chi connectivity index (χ1n) is 9.47. The summed E-state index contributed by atoms with van der Waals surface area (Å²) in [4.78, 5) is 12.6. The lowest BCUT2D eigenvalue weighted by molar-refractivity contribution is 0.102. The SMILES string of the molecule is CCCn1c(C)cc(C(=O)CSc2nnc([C@@H](C)Oc3ccc(F)cc3)o2)c1C. The van der Waals surface area contributed by atoms with Crippen LogP contribution in [0.3, 0.4) is 0 Å². The van der Waals surface area contributed by atoms with Gasteiger partial charge in [-0.15, -0.1) is 10.2 Å². The van der Waals surface area contributed by atoms with Gasteiger partial charge in [0.1, 0.15) is 11.6 Å². The molecule has 0 radical (unpaired) electrons. The average Bonchev–Trinajstić information content (AvgIpc) is 3.28. The molecule has 3 aromatic rings. The molecule has 2 aromatic heterocycles. The topological polar surface area (TPSA) is 70.2 Å². The molecular formula is C21H24FN3O3S. The molecular weight excluding hydrogens is 393 g/mol. The van der Waals surface area contributed by atoms with E-state index in [0.29, 0.717) is 16.9 Å². The lowest BCUT2D eigenvalue weighted by atomic mass is 10.2. The summed E-state index contributed by atoms with van der Waals surface area (Å²) in [5.41, 5.74) is 2.81. The molecule has 0 unspecified atom stereocenters. The zero-order valence-electron chi connectivity index (χ0n) is 16.9. The van der Waals surface area contributed by atoms with Gasteiger partial charge < -0.3 is 13.7 Å². The molecule has 2 heterocycles. The number of carbonyl (C=O) groups is 1. The number of halogens is 1. The largest absolute Gasteiger partial charge is 0.481 e. The number of benzene rings is 1. The normalized spacial score (nSPS) is 12.2. The first-order valence-corrected chi connectivity index (χ1v) is 10.5. The van der Waals surface area contributed by atoms with Crippen LogP contribution in [-0.2, 0) is 6.54 Å². The van der Waals surface area contributed by atoms with Crippen LogP contribution in [0.15, 0.2) is 40.0 Å². The molecule has 6 nitrogen and oxygen atoms in total. The molecule has 0 saturated heterocycles. The summed E-state index contributed by atoms with van der Waals surface area (Å²) < 4.78 is 26.4. The number of aryl methyl sites for hydroxylation is 1. The van der Waals surface area contributed by atoms with Crippen molar-refractivity contribution in [3.8, 4) is 5.75 Å². The number of hydrogen-bond acceptors (Lipinski definition) is 6. The maximum absolute atomic E-state index is 13.0. The van der Waals surface area contributed by atoms with Crippen molar-refractivity contribution in [3.63, 3.8) is 0 Å². The molecule has 1 atom stereocenters. The van der Waals surface area contributed by atoms with Crippen LogP contribution in [-0.4, -0.2) is 26.3 Å². The van der Waals surface area contributed by atoms with E-state index in [0.717, 1.165) is 29.9 Å². The van der Waals surface area contributed by atoms with E-state index < -0.39 is 6.10 Å². The Morgan fingerprint density at radius 3 is 2.69 bits per heavy atom. The van der Waals surface area contributed by atoms with E-state index >= 15 is 0 Å². The Kier molecular flexibility index (Phi) is 6.74. The minimum Gasteiger partial charge on any atom is -0.481 e. The van der Waals surface area contributed by atoms with Gasteiger partial charge in [-0.2, -0.15) is 0 Å². The van der Waals surface area contributed by atoms with Gasteiger partial charge >= 0.3 is 0 Å². The van der Waals surface area contributed by atoms with Gasteiger partial charge in [-0.3, -0.25) is 4.79 Å². The standard InChI is InChI=1S/C21H24FN3O3S/c1-5-10-25-13(2)11-18(14(25)3)19(26)12-29-21-24-23-20(28-21)15(4)27-17-8-6-16(22)7-9-17/h6-9,11,15H,5,10,12H2,1-4H3/t15-/m1/s1. The van der Waals surface area contributed by atoms with Crippen LogP contribution in [0.4, 0.5) is 4.39 Å². The van der Waals surface area contributed by atoms with E-state index in [1.807, 2.05) is 19.9 Å². The average molecular weight is 418 g/mol. The summed E-state index contributed by atoms with van der Waals surface area (Å²) in [6, 6.07) is 7.64. The maximum Gasteiger partial charge on any atom is 0.277 e. The van der Waals surface area contributed by atoms with E-state index in [2.05, 4.69) is 21.7 Å². The molecule has 0 N–H and O–H groups in total. The first kappa shape index (κ1) is 21.1. The van der Waals surface area contributed by atoms with E-state index in [1.165, 1.54) is 36.0 Å². The Morgan fingerprint density at radius 1 is 1.28 bits per heavy atom. The number of nitrogens with zero attached hydrogens (tertiary/aromatic N) is 3. The smallest absolute Gasteiger partial charge is 0.277 e. The van der Waals surface area contributed by atoms with Crippen molar-refractivity contribution in [2.24, 2.45) is 0 Å². The molecule has 0 aliphatic rings. The van der Waals surface area contributed by atoms with Gasteiger partial charge in [0.2, 0.25) is 0 Å². The molecule has 0 aliphatic heterocycles. The van der Waals surface area contributed by atoms with Crippen molar-refractivity contribution in [2.45, 2.75) is 52.0 Å². The predicted molar refractivity (Wildman–Crippen MR) is 109 cm³/mol. The van der Waals surface area contributed by atoms with E-state index in [1.54, 1.807) is 6.92 Å². The van der Waals surface area contributed by atoms with Crippen molar-refractivity contribution in [1.29, 1.82) is 0 Å². The van der Waals surface area contributed by atoms with Crippen molar-refractivity contribution in [1.82, 2.24) is 14.8 Å². The molecule has 154 valence electrons. The highest BCUT2D eigenvalue weighted by Crippen LogP contribution is 2.25. The highest BCUT2D eigenvalue weighted by Gasteiger charge is 2.19. The number of ketones is 1. The second-order valence-corrected chi connectivity index (χ2v) is 7.70. The van der Waals surface area contributed by atoms with Gasteiger partial charge in [-0.1, -0.05) is 18.7 Å². The van der Waals surface area contributed by atoms with Gasteiger partial charge in [0.15, 0.2) is 11.9 Å². The third-order valence-corrected chi connectivity index (χ3v) is 5.36. The van der Waals surface area contributed by atoms with Gasteiger partial charge in [0, 0.05) is 23.5 Å². The highest BCUT2D eigenvalue weighted by atomic mass is 32.2. The Labute approximate surface area is 173 Å². The lowest BCUT2D eigenvalue weighted by Crippen LogP contribution is -2.06. The van der Waals surface area contributed by atoms with E-state index in [9.17, 15) is 9.18 Å². The number of thioether (sulfide) groups is 1. The molecule has 29 heavy (non-hydrogen) atoms. The number of aromatic nitrogens is 3. The van der Waals surface area contributed by atoms with Crippen LogP contribution in [0.25, 0.3) is 0 Å². The van der Waals surface area contributed by atoms with Crippen LogP contribution >= 0.6 is 11.8 Å². The number of rotatable bonds is 9. The monoisotopic (exact) mass is 417 g/mol. The van der Waals surface area contributed by atoms with Crippen molar-refractivity contribution in [3.05, 3.63) is 59.0 Å². The zero-order valence-corrected chi connectivity index (χ0v) is 17.8. The zero-order chi connectivity index (χ0) is 21.0. The number of carbonyl (C=O) groups excluding carboxylic acids is 1. The molecule has 0 saturated carbocycles.